The molecule has 146 valence electrons. The topological polar surface area (TPSA) is 50.8 Å². The number of fused-ring (bicyclic) bond motifs is 1. The molecular weight excluding hydrogens is 360 g/mol. The minimum absolute atomic E-state index is 0.0606. The van der Waals surface area contributed by atoms with E-state index in [1.54, 1.807) is 25.6 Å². The van der Waals surface area contributed by atoms with Gasteiger partial charge in [-0.1, -0.05) is 19.4 Å². The van der Waals surface area contributed by atoms with Gasteiger partial charge in [0.1, 0.15) is 0 Å². The van der Waals surface area contributed by atoms with E-state index < -0.39 is 0 Å². The number of methoxy groups -OCH3 is 2. The zero-order chi connectivity index (χ0) is 19.2. The van der Waals surface area contributed by atoms with Gasteiger partial charge in [-0.15, -0.1) is 11.3 Å². The summed E-state index contributed by atoms with van der Waals surface area (Å²) >= 11 is 1.72. The Kier molecular flexibility index (Phi) is 6.74. The highest BCUT2D eigenvalue weighted by molar-refractivity contribution is 7.10. The van der Waals surface area contributed by atoms with E-state index >= 15 is 0 Å². The van der Waals surface area contributed by atoms with Gasteiger partial charge in [0.25, 0.3) is 0 Å². The minimum atomic E-state index is 0.0606. The molecule has 1 aromatic carbocycles. The lowest BCUT2D eigenvalue weighted by Gasteiger charge is -2.37. The molecule has 0 saturated heterocycles. The van der Waals surface area contributed by atoms with Gasteiger partial charge in [-0.25, -0.2) is 0 Å². The van der Waals surface area contributed by atoms with Crippen molar-refractivity contribution >= 4 is 17.2 Å². The van der Waals surface area contributed by atoms with Gasteiger partial charge in [0.05, 0.1) is 26.8 Å². The standard InChI is InChI=1S/C21H28N2O3S/c1-4-5-9-22-20(24)14-23-10-8-15-12-17(25-2)18(26-3)13-16(15)21(23)19-7-6-11-27-19/h6-7,11-13,21H,4-5,8-10,14H2,1-3H3,(H,22,24). The third-order valence-corrected chi connectivity index (χ3v) is 5.91. The molecule has 1 aliphatic heterocycles. The Bertz CT molecular complexity index is 761. The van der Waals surface area contributed by atoms with Gasteiger partial charge < -0.3 is 14.8 Å². The third-order valence-electron chi connectivity index (χ3n) is 4.99. The normalized spacial score (nSPS) is 16.6. The first-order chi connectivity index (χ1) is 13.2. The van der Waals surface area contributed by atoms with Crippen LogP contribution in [0.25, 0.3) is 0 Å². The average Bonchev–Trinajstić information content (AvgIpc) is 3.21. The number of ether oxygens (including phenoxy) is 2. The summed E-state index contributed by atoms with van der Waals surface area (Å²) in [7, 11) is 3.32. The van der Waals surface area contributed by atoms with Gasteiger partial charge in [0, 0.05) is 18.0 Å². The molecule has 2 heterocycles. The molecule has 1 unspecified atom stereocenters. The number of nitrogens with zero attached hydrogens (tertiary/aromatic N) is 1. The number of benzene rings is 1. The molecule has 0 radical (unpaired) electrons. The van der Waals surface area contributed by atoms with E-state index in [2.05, 4.69) is 46.8 Å². The monoisotopic (exact) mass is 388 g/mol. The maximum absolute atomic E-state index is 12.4. The van der Waals surface area contributed by atoms with Crippen LogP contribution in [0.2, 0.25) is 0 Å². The van der Waals surface area contributed by atoms with Gasteiger partial charge in [0.2, 0.25) is 5.91 Å². The number of thiophene rings is 1. The molecule has 1 atom stereocenters. The molecule has 0 bridgehead atoms. The molecule has 0 aliphatic carbocycles. The SMILES string of the molecule is CCCCNC(=O)CN1CCc2cc(OC)c(OC)cc2C1c1cccs1. The summed E-state index contributed by atoms with van der Waals surface area (Å²) in [5.74, 6) is 1.58. The fourth-order valence-electron chi connectivity index (χ4n) is 3.59. The lowest BCUT2D eigenvalue weighted by molar-refractivity contribution is -0.122. The first-order valence-corrected chi connectivity index (χ1v) is 10.3. The Balaban J connectivity index is 1.90. The van der Waals surface area contributed by atoms with Crippen LogP contribution in [0.4, 0.5) is 0 Å². The van der Waals surface area contributed by atoms with Crippen LogP contribution in [-0.2, 0) is 11.2 Å². The average molecular weight is 389 g/mol. The number of rotatable bonds is 8. The predicted molar refractivity (Wildman–Crippen MR) is 109 cm³/mol. The van der Waals surface area contributed by atoms with Crippen LogP contribution in [0, 0.1) is 0 Å². The van der Waals surface area contributed by atoms with Crippen molar-refractivity contribution in [2.75, 3.05) is 33.9 Å². The molecule has 27 heavy (non-hydrogen) atoms. The molecule has 3 rings (SSSR count). The highest BCUT2D eigenvalue weighted by atomic mass is 32.1. The van der Waals surface area contributed by atoms with Gasteiger partial charge in [-0.2, -0.15) is 0 Å². The quantitative estimate of drug-likeness (QED) is 0.702. The number of amides is 1. The van der Waals surface area contributed by atoms with Crippen molar-refractivity contribution in [1.82, 2.24) is 10.2 Å². The fraction of sp³-hybridized carbons (Fsp3) is 0.476. The van der Waals surface area contributed by atoms with Crippen LogP contribution in [0.3, 0.4) is 0 Å². The van der Waals surface area contributed by atoms with Crippen LogP contribution in [0.1, 0.15) is 41.8 Å². The molecule has 0 fully saturated rings. The summed E-state index contributed by atoms with van der Waals surface area (Å²) in [6, 6.07) is 8.41. The second kappa shape index (κ2) is 9.24. The Morgan fingerprint density at radius 3 is 2.74 bits per heavy atom. The first kappa shape index (κ1) is 19.7. The summed E-state index contributed by atoms with van der Waals surface area (Å²) in [6.07, 6.45) is 2.98. The summed E-state index contributed by atoms with van der Waals surface area (Å²) < 4.78 is 11.0. The minimum Gasteiger partial charge on any atom is -0.493 e. The molecule has 2 aromatic rings. The lowest BCUT2D eigenvalue weighted by Crippen LogP contribution is -2.43. The van der Waals surface area contributed by atoms with Crippen LogP contribution in [0.5, 0.6) is 11.5 Å². The van der Waals surface area contributed by atoms with Gasteiger partial charge in [-0.05, 0) is 47.5 Å². The van der Waals surface area contributed by atoms with Crippen molar-refractivity contribution in [1.29, 1.82) is 0 Å². The zero-order valence-electron chi connectivity index (χ0n) is 16.3. The Morgan fingerprint density at radius 2 is 2.07 bits per heavy atom. The van der Waals surface area contributed by atoms with Crippen LogP contribution < -0.4 is 14.8 Å². The van der Waals surface area contributed by atoms with E-state index in [0.29, 0.717) is 6.54 Å². The van der Waals surface area contributed by atoms with E-state index in [4.69, 9.17) is 9.47 Å². The van der Waals surface area contributed by atoms with E-state index in [0.717, 1.165) is 43.9 Å². The Morgan fingerprint density at radius 1 is 1.30 bits per heavy atom. The Hall–Kier alpha value is -2.05. The lowest BCUT2D eigenvalue weighted by atomic mass is 9.91. The van der Waals surface area contributed by atoms with E-state index in [-0.39, 0.29) is 11.9 Å². The van der Waals surface area contributed by atoms with Crippen molar-refractivity contribution in [3.05, 3.63) is 45.6 Å². The molecule has 0 spiro atoms. The Labute approximate surface area is 165 Å². The summed E-state index contributed by atoms with van der Waals surface area (Å²) in [4.78, 5) is 15.9. The van der Waals surface area contributed by atoms with Gasteiger partial charge in [-0.3, -0.25) is 9.69 Å². The smallest absolute Gasteiger partial charge is 0.234 e. The highest BCUT2D eigenvalue weighted by Gasteiger charge is 2.32. The number of carbonyl (C=O) groups excluding carboxylic acids is 1. The van der Waals surface area contributed by atoms with Crippen LogP contribution >= 0.6 is 11.3 Å². The van der Waals surface area contributed by atoms with Crippen molar-refractivity contribution in [3.8, 4) is 11.5 Å². The van der Waals surface area contributed by atoms with Gasteiger partial charge in [0.15, 0.2) is 11.5 Å². The first-order valence-electron chi connectivity index (χ1n) is 9.46. The second-order valence-corrected chi connectivity index (χ2v) is 7.73. The van der Waals surface area contributed by atoms with Crippen molar-refractivity contribution in [2.24, 2.45) is 0 Å². The predicted octanol–water partition coefficient (Wildman–Crippen LogP) is 3.63. The van der Waals surface area contributed by atoms with Crippen molar-refractivity contribution < 1.29 is 14.3 Å². The summed E-state index contributed by atoms with van der Waals surface area (Å²) in [5.41, 5.74) is 2.45. The molecule has 5 nitrogen and oxygen atoms in total. The summed E-state index contributed by atoms with van der Waals surface area (Å²) in [5, 5.41) is 5.13. The number of nitrogens with one attached hydrogen (secondary N) is 1. The maximum atomic E-state index is 12.4. The molecular formula is C21H28N2O3S. The number of hydrogen-bond acceptors (Lipinski definition) is 5. The van der Waals surface area contributed by atoms with Crippen LogP contribution in [0.15, 0.2) is 29.6 Å². The zero-order valence-corrected chi connectivity index (χ0v) is 17.1. The molecule has 6 heteroatoms. The highest BCUT2D eigenvalue weighted by Crippen LogP contribution is 2.41. The molecule has 0 saturated carbocycles. The van der Waals surface area contributed by atoms with E-state index in [1.165, 1.54) is 16.0 Å². The fourth-order valence-corrected chi connectivity index (χ4v) is 4.47. The number of hydrogen-bond donors (Lipinski definition) is 1. The number of unbranched alkanes of at least 4 members (excludes halogenated alkanes) is 1. The second-order valence-electron chi connectivity index (χ2n) is 6.75. The molecule has 1 aliphatic rings. The van der Waals surface area contributed by atoms with Crippen molar-refractivity contribution in [2.45, 2.75) is 32.2 Å². The van der Waals surface area contributed by atoms with Crippen molar-refractivity contribution in [3.63, 3.8) is 0 Å². The molecule has 1 N–H and O–H groups in total. The van der Waals surface area contributed by atoms with Gasteiger partial charge >= 0.3 is 0 Å². The maximum Gasteiger partial charge on any atom is 0.234 e. The largest absolute Gasteiger partial charge is 0.493 e. The molecule has 1 aromatic heterocycles. The van der Waals surface area contributed by atoms with Crippen LogP contribution in [-0.4, -0.2) is 44.7 Å². The third kappa shape index (κ3) is 4.45. The van der Waals surface area contributed by atoms with E-state index in [1.807, 2.05) is 0 Å². The van der Waals surface area contributed by atoms with E-state index in [9.17, 15) is 4.79 Å². The molecule has 1 amide bonds. The summed E-state index contributed by atoms with van der Waals surface area (Å²) in [6.45, 7) is 4.11. The number of carbonyl (C=O) groups is 1.